The minimum atomic E-state index is -0.318. The minimum absolute atomic E-state index is 0.000510. The highest BCUT2D eigenvalue weighted by Gasteiger charge is 2.16. The van der Waals surface area contributed by atoms with Gasteiger partial charge in [-0.2, -0.15) is 0 Å². The van der Waals surface area contributed by atoms with Crippen LogP contribution in [0, 0.1) is 0 Å². The van der Waals surface area contributed by atoms with Gasteiger partial charge in [-0.3, -0.25) is 19.3 Å². The smallest absolute Gasteiger partial charge is 0.238 e. The lowest BCUT2D eigenvalue weighted by Crippen LogP contribution is -2.38. The predicted octanol–water partition coefficient (Wildman–Crippen LogP) is 3.21. The Balaban J connectivity index is 1.94. The van der Waals surface area contributed by atoms with E-state index in [0.717, 1.165) is 0 Å². The molecule has 0 spiro atoms. The average Bonchev–Trinajstić information content (AvgIpc) is 2.75. The van der Waals surface area contributed by atoms with Crippen LogP contribution < -0.4 is 25.4 Å². The van der Waals surface area contributed by atoms with E-state index in [1.165, 1.54) is 21.1 Å². The number of rotatable bonds is 10. The summed E-state index contributed by atoms with van der Waals surface area (Å²) in [6.45, 7) is 3.79. The van der Waals surface area contributed by atoms with Crippen molar-refractivity contribution >= 4 is 46.4 Å². The highest BCUT2D eigenvalue weighted by molar-refractivity contribution is 6.32. The van der Waals surface area contributed by atoms with E-state index in [1.807, 2.05) is 6.92 Å². The molecule has 0 saturated heterocycles. The second kappa shape index (κ2) is 11.9. The Morgan fingerprint density at radius 2 is 1.41 bits per heavy atom. The zero-order valence-electron chi connectivity index (χ0n) is 18.5. The van der Waals surface area contributed by atoms with Gasteiger partial charge in [-0.1, -0.05) is 18.5 Å². The van der Waals surface area contributed by atoms with Crippen molar-refractivity contribution in [3.63, 3.8) is 0 Å². The van der Waals surface area contributed by atoms with Crippen LogP contribution >= 0.6 is 11.6 Å². The number of carbonyl (C=O) groups is 3. The molecule has 0 radical (unpaired) electrons. The third-order valence-electron chi connectivity index (χ3n) is 4.42. The quantitative estimate of drug-likeness (QED) is 0.500. The number of likely N-dealkylation sites (N-methyl/N-ethyl adjacent to an activating group) is 1. The lowest BCUT2D eigenvalue weighted by molar-refractivity contribution is -0.120. The van der Waals surface area contributed by atoms with Crippen molar-refractivity contribution in [2.45, 2.75) is 13.8 Å². The van der Waals surface area contributed by atoms with Crippen molar-refractivity contribution in [3.8, 4) is 11.5 Å². The maximum atomic E-state index is 12.6. The summed E-state index contributed by atoms with van der Waals surface area (Å²) < 4.78 is 10.4. The van der Waals surface area contributed by atoms with E-state index in [9.17, 15) is 14.4 Å². The lowest BCUT2D eigenvalue weighted by Gasteiger charge is -2.20. The van der Waals surface area contributed by atoms with Gasteiger partial charge in [-0.05, 0) is 30.8 Å². The Hall–Kier alpha value is -3.30. The Kier molecular flexibility index (Phi) is 9.30. The molecule has 0 aliphatic carbocycles. The van der Waals surface area contributed by atoms with Gasteiger partial charge in [-0.15, -0.1) is 0 Å². The maximum Gasteiger partial charge on any atom is 0.238 e. The first-order valence-electron chi connectivity index (χ1n) is 9.87. The van der Waals surface area contributed by atoms with Crippen molar-refractivity contribution in [2.24, 2.45) is 0 Å². The summed E-state index contributed by atoms with van der Waals surface area (Å²) in [6.07, 6.45) is 0. The van der Waals surface area contributed by atoms with E-state index >= 15 is 0 Å². The van der Waals surface area contributed by atoms with Crippen molar-refractivity contribution < 1.29 is 23.9 Å². The van der Waals surface area contributed by atoms with Crippen molar-refractivity contribution in [2.75, 3.05) is 49.8 Å². The number of nitrogens with zero attached hydrogens (tertiary/aromatic N) is 1. The fraction of sp³-hybridized carbons (Fsp3) is 0.318. The number of anilines is 3. The highest BCUT2D eigenvalue weighted by Crippen LogP contribution is 2.35. The predicted molar refractivity (Wildman–Crippen MR) is 125 cm³/mol. The second-order valence-corrected chi connectivity index (χ2v) is 7.25. The highest BCUT2D eigenvalue weighted by atomic mass is 35.5. The van der Waals surface area contributed by atoms with E-state index in [1.54, 1.807) is 41.3 Å². The largest absolute Gasteiger partial charge is 0.495 e. The Bertz CT molecular complexity index is 966. The first kappa shape index (κ1) is 25.0. The number of nitrogens with one attached hydrogen (secondary N) is 3. The van der Waals surface area contributed by atoms with Gasteiger partial charge in [-0.25, -0.2) is 0 Å². The van der Waals surface area contributed by atoms with Crippen LogP contribution in [-0.4, -0.2) is 56.5 Å². The van der Waals surface area contributed by atoms with Crippen molar-refractivity contribution in [1.82, 2.24) is 4.90 Å². The summed E-state index contributed by atoms with van der Waals surface area (Å²) in [5.74, 6) is 0.0413. The number of amides is 3. The zero-order valence-corrected chi connectivity index (χ0v) is 19.2. The molecule has 10 heteroatoms. The Morgan fingerprint density at radius 3 is 1.91 bits per heavy atom. The summed E-state index contributed by atoms with van der Waals surface area (Å²) in [7, 11) is 2.95. The SMILES string of the molecule is CCN(CC(=O)Nc1ccc(NC(C)=O)cc1)CC(=O)Nc1cc(OC)c(Cl)cc1OC. The first-order valence-corrected chi connectivity index (χ1v) is 10.2. The molecule has 3 N–H and O–H groups in total. The normalized spacial score (nSPS) is 10.4. The van der Waals surface area contributed by atoms with Crippen LogP contribution in [0.4, 0.5) is 17.1 Å². The van der Waals surface area contributed by atoms with E-state index < -0.39 is 0 Å². The van der Waals surface area contributed by atoms with Gasteiger partial charge in [0.2, 0.25) is 17.7 Å². The molecule has 2 aromatic rings. The molecule has 172 valence electrons. The molecule has 0 bridgehead atoms. The molecule has 0 atom stereocenters. The molecule has 9 nitrogen and oxygen atoms in total. The summed E-state index contributed by atoms with van der Waals surface area (Å²) in [6, 6.07) is 9.88. The lowest BCUT2D eigenvalue weighted by atomic mass is 10.2. The van der Waals surface area contributed by atoms with Crippen LogP contribution in [0.5, 0.6) is 11.5 Å². The maximum absolute atomic E-state index is 12.6. The second-order valence-electron chi connectivity index (χ2n) is 6.85. The molecule has 0 heterocycles. The number of halogens is 1. The molecule has 2 aromatic carbocycles. The van der Waals surface area contributed by atoms with Crippen LogP contribution in [0.15, 0.2) is 36.4 Å². The van der Waals surface area contributed by atoms with Gasteiger partial charge in [0.15, 0.2) is 0 Å². The molecule has 0 aromatic heterocycles. The number of benzene rings is 2. The number of hydrogen-bond acceptors (Lipinski definition) is 6. The van der Waals surface area contributed by atoms with Gasteiger partial charge in [0, 0.05) is 30.4 Å². The molecular formula is C22H27ClN4O5. The molecule has 0 fully saturated rings. The van der Waals surface area contributed by atoms with Crippen LogP contribution in [0.2, 0.25) is 5.02 Å². The fourth-order valence-corrected chi connectivity index (χ4v) is 3.11. The van der Waals surface area contributed by atoms with E-state index in [4.69, 9.17) is 21.1 Å². The van der Waals surface area contributed by atoms with Gasteiger partial charge >= 0.3 is 0 Å². The number of carbonyl (C=O) groups excluding carboxylic acids is 3. The van der Waals surface area contributed by atoms with Gasteiger partial charge < -0.3 is 25.4 Å². The van der Waals surface area contributed by atoms with Gasteiger partial charge in [0.05, 0.1) is 38.0 Å². The number of hydrogen-bond donors (Lipinski definition) is 3. The van der Waals surface area contributed by atoms with Crippen LogP contribution in [-0.2, 0) is 14.4 Å². The average molecular weight is 463 g/mol. The topological polar surface area (TPSA) is 109 Å². The van der Waals surface area contributed by atoms with Crippen LogP contribution in [0.1, 0.15) is 13.8 Å². The standard InChI is InChI=1S/C22H27ClN4O5/c1-5-27(12-21(29)25-16-8-6-15(7-9-16)24-14(2)28)13-22(30)26-18-11-19(31-3)17(23)10-20(18)32-4/h6-11H,5,12-13H2,1-4H3,(H,24,28)(H,25,29)(H,26,30). The molecule has 3 amide bonds. The number of methoxy groups -OCH3 is 2. The minimum Gasteiger partial charge on any atom is -0.495 e. The molecule has 0 unspecified atom stereocenters. The fourth-order valence-electron chi connectivity index (χ4n) is 2.87. The summed E-state index contributed by atoms with van der Waals surface area (Å²) in [5, 5.41) is 8.55. The zero-order chi connectivity index (χ0) is 23.7. The molecule has 32 heavy (non-hydrogen) atoms. The summed E-state index contributed by atoms with van der Waals surface area (Å²) in [4.78, 5) is 37.7. The van der Waals surface area contributed by atoms with Crippen LogP contribution in [0.25, 0.3) is 0 Å². The summed E-state index contributed by atoms with van der Waals surface area (Å²) >= 11 is 6.09. The van der Waals surface area contributed by atoms with Crippen molar-refractivity contribution in [3.05, 3.63) is 41.4 Å². The molecule has 0 aliphatic rings. The molecular weight excluding hydrogens is 436 g/mol. The molecule has 2 rings (SSSR count). The monoisotopic (exact) mass is 462 g/mol. The Labute approximate surface area is 192 Å². The van der Waals surface area contributed by atoms with E-state index in [0.29, 0.717) is 40.1 Å². The van der Waals surface area contributed by atoms with Crippen molar-refractivity contribution in [1.29, 1.82) is 0 Å². The van der Waals surface area contributed by atoms with E-state index in [2.05, 4.69) is 16.0 Å². The van der Waals surface area contributed by atoms with Gasteiger partial charge in [0.1, 0.15) is 11.5 Å². The van der Waals surface area contributed by atoms with Crippen LogP contribution in [0.3, 0.4) is 0 Å². The number of ether oxygens (including phenoxy) is 2. The van der Waals surface area contributed by atoms with E-state index in [-0.39, 0.29) is 30.8 Å². The summed E-state index contributed by atoms with van der Waals surface area (Å²) in [5.41, 5.74) is 1.64. The van der Waals surface area contributed by atoms with Gasteiger partial charge in [0.25, 0.3) is 0 Å². The molecule has 0 saturated carbocycles. The first-order chi connectivity index (χ1) is 15.2. The third-order valence-corrected chi connectivity index (χ3v) is 4.71. The Morgan fingerprint density at radius 1 is 0.875 bits per heavy atom. The third kappa shape index (κ3) is 7.44. The molecule has 0 aliphatic heterocycles.